The van der Waals surface area contributed by atoms with Gasteiger partial charge in [0.25, 0.3) is 5.91 Å². The van der Waals surface area contributed by atoms with Crippen molar-refractivity contribution in [2.45, 2.75) is 6.61 Å². The zero-order valence-electron chi connectivity index (χ0n) is 14.0. The van der Waals surface area contributed by atoms with E-state index in [-0.39, 0.29) is 30.7 Å². The summed E-state index contributed by atoms with van der Waals surface area (Å²) in [6.07, 6.45) is 0. The maximum absolute atomic E-state index is 12.8. The highest BCUT2D eigenvalue weighted by molar-refractivity contribution is 5.88. The number of nitrogens with zero attached hydrogens (tertiary/aromatic N) is 1. The van der Waals surface area contributed by atoms with Crippen molar-refractivity contribution in [1.29, 1.82) is 0 Å². The van der Waals surface area contributed by atoms with Crippen LogP contribution in [0.4, 0.5) is 4.39 Å². The third-order valence-corrected chi connectivity index (χ3v) is 3.75. The summed E-state index contributed by atoms with van der Waals surface area (Å²) in [6.45, 7) is 1.67. The van der Waals surface area contributed by atoms with Crippen molar-refractivity contribution in [3.8, 4) is 5.75 Å². The topological polar surface area (TPSA) is 78.2 Å². The van der Waals surface area contributed by atoms with Crippen LogP contribution in [0.25, 0.3) is 0 Å². The first-order valence-electron chi connectivity index (χ1n) is 8.11. The monoisotopic (exact) mass is 363 g/mol. The van der Waals surface area contributed by atoms with Gasteiger partial charge in [0.2, 0.25) is 5.76 Å². The summed E-state index contributed by atoms with van der Waals surface area (Å²) in [5.41, 5.74) is 0. The van der Waals surface area contributed by atoms with Crippen LogP contribution in [0.2, 0.25) is 0 Å². The van der Waals surface area contributed by atoms with Crippen molar-refractivity contribution in [1.82, 2.24) is 4.90 Å². The normalized spacial score (nSPS) is 14.1. The second-order valence-corrected chi connectivity index (χ2v) is 5.58. The van der Waals surface area contributed by atoms with E-state index in [0.717, 1.165) is 0 Å². The van der Waals surface area contributed by atoms with E-state index in [2.05, 4.69) is 0 Å². The maximum atomic E-state index is 12.8. The quantitative estimate of drug-likeness (QED) is 0.731. The van der Waals surface area contributed by atoms with Crippen LogP contribution >= 0.6 is 0 Å². The molecular formula is C18H18FNO6. The van der Waals surface area contributed by atoms with E-state index >= 15 is 0 Å². The van der Waals surface area contributed by atoms with Crippen molar-refractivity contribution in [2.75, 3.05) is 32.9 Å². The highest BCUT2D eigenvalue weighted by Crippen LogP contribution is 2.15. The van der Waals surface area contributed by atoms with Crippen LogP contribution in [0, 0.1) is 5.82 Å². The number of furan rings is 1. The molecule has 1 saturated heterocycles. The first-order chi connectivity index (χ1) is 12.6. The smallest absolute Gasteiger partial charge is 0.374 e. The molecule has 0 unspecified atom stereocenters. The summed E-state index contributed by atoms with van der Waals surface area (Å²) in [5.74, 6) is -0.485. The third-order valence-electron chi connectivity index (χ3n) is 3.75. The first kappa shape index (κ1) is 17.9. The van der Waals surface area contributed by atoms with Crippen LogP contribution in [0.1, 0.15) is 16.3 Å². The van der Waals surface area contributed by atoms with Crippen molar-refractivity contribution in [3.63, 3.8) is 0 Å². The van der Waals surface area contributed by atoms with Crippen molar-refractivity contribution < 1.29 is 32.6 Å². The van der Waals surface area contributed by atoms with Gasteiger partial charge in [-0.25, -0.2) is 9.18 Å². The zero-order chi connectivity index (χ0) is 18.4. The van der Waals surface area contributed by atoms with Gasteiger partial charge >= 0.3 is 5.97 Å². The third kappa shape index (κ3) is 4.82. The van der Waals surface area contributed by atoms with Gasteiger partial charge in [0.05, 0.1) is 13.2 Å². The van der Waals surface area contributed by atoms with Gasteiger partial charge in [-0.05, 0) is 36.4 Å². The second kappa shape index (κ2) is 8.48. The number of carbonyl (C=O) groups is 2. The predicted octanol–water partition coefficient (Wildman–Crippen LogP) is 2.01. The number of esters is 1. The van der Waals surface area contributed by atoms with E-state index in [1.807, 2.05) is 0 Å². The SMILES string of the molecule is O=C(OCC(=O)N1CCOCC1)c1ccc(COc2ccc(F)cc2)o1. The Morgan fingerprint density at radius 1 is 1.08 bits per heavy atom. The molecule has 1 fully saturated rings. The molecule has 8 heteroatoms. The predicted molar refractivity (Wildman–Crippen MR) is 87.1 cm³/mol. The van der Waals surface area contributed by atoms with Crippen LogP contribution in [0.15, 0.2) is 40.8 Å². The number of rotatable bonds is 6. The first-order valence-corrected chi connectivity index (χ1v) is 8.11. The molecule has 1 aliphatic rings. The molecule has 0 saturated carbocycles. The second-order valence-electron chi connectivity index (χ2n) is 5.58. The largest absolute Gasteiger partial charge is 0.486 e. The van der Waals surface area contributed by atoms with Gasteiger partial charge in [-0.15, -0.1) is 0 Å². The molecule has 2 heterocycles. The van der Waals surface area contributed by atoms with Crippen molar-refractivity contribution in [3.05, 3.63) is 53.7 Å². The zero-order valence-corrected chi connectivity index (χ0v) is 14.0. The molecule has 0 spiro atoms. The Morgan fingerprint density at radius 3 is 2.54 bits per heavy atom. The Labute approximate surface area is 149 Å². The summed E-state index contributed by atoms with van der Waals surface area (Å²) in [7, 11) is 0. The average molecular weight is 363 g/mol. The van der Waals surface area contributed by atoms with E-state index in [9.17, 15) is 14.0 Å². The van der Waals surface area contributed by atoms with E-state index in [0.29, 0.717) is 37.8 Å². The molecule has 3 rings (SSSR count). The molecule has 0 N–H and O–H groups in total. The Bertz CT molecular complexity index is 751. The van der Waals surface area contributed by atoms with Gasteiger partial charge in [-0.2, -0.15) is 0 Å². The van der Waals surface area contributed by atoms with Crippen LogP contribution in [0.3, 0.4) is 0 Å². The fourth-order valence-electron chi connectivity index (χ4n) is 2.35. The molecule has 138 valence electrons. The van der Waals surface area contributed by atoms with Crippen molar-refractivity contribution >= 4 is 11.9 Å². The Kier molecular flexibility index (Phi) is 5.85. The molecule has 1 aromatic carbocycles. The lowest BCUT2D eigenvalue weighted by atomic mass is 10.3. The van der Waals surface area contributed by atoms with E-state index in [4.69, 9.17) is 18.6 Å². The number of hydrogen-bond donors (Lipinski definition) is 0. The number of benzene rings is 1. The standard InChI is InChI=1S/C18H18FNO6/c19-13-1-3-14(4-2-13)24-11-15-5-6-16(26-15)18(22)25-12-17(21)20-7-9-23-10-8-20/h1-6H,7-12H2. The Hall–Kier alpha value is -2.87. The fraction of sp³-hybridized carbons (Fsp3) is 0.333. The van der Waals surface area contributed by atoms with Gasteiger partial charge in [0.15, 0.2) is 6.61 Å². The number of ether oxygens (including phenoxy) is 3. The molecule has 0 bridgehead atoms. The number of halogens is 1. The molecule has 7 nitrogen and oxygen atoms in total. The summed E-state index contributed by atoms with van der Waals surface area (Å²) in [5, 5.41) is 0. The lowest BCUT2D eigenvalue weighted by Crippen LogP contribution is -2.42. The van der Waals surface area contributed by atoms with Gasteiger partial charge in [0, 0.05) is 13.1 Å². The summed E-state index contributed by atoms with van der Waals surface area (Å²) < 4.78 is 33.8. The summed E-state index contributed by atoms with van der Waals surface area (Å²) in [4.78, 5) is 25.5. The molecule has 1 aliphatic heterocycles. The van der Waals surface area contributed by atoms with Crippen LogP contribution in [0.5, 0.6) is 5.75 Å². The van der Waals surface area contributed by atoms with Crippen LogP contribution in [-0.2, 0) is 20.9 Å². The molecule has 0 aliphatic carbocycles. The number of morpholine rings is 1. The number of hydrogen-bond acceptors (Lipinski definition) is 6. The van der Waals surface area contributed by atoms with Crippen LogP contribution < -0.4 is 4.74 Å². The Morgan fingerprint density at radius 2 is 1.81 bits per heavy atom. The number of amides is 1. The molecule has 0 radical (unpaired) electrons. The van der Waals surface area contributed by atoms with E-state index < -0.39 is 5.97 Å². The highest BCUT2D eigenvalue weighted by Gasteiger charge is 2.20. The summed E-state index contributed by atoms with van der Waals surface area (Å²) in [6, 6.07) is 8.57. The summed E-state index contributed by atoms with van der Waals surface area (Å²) >= 11 is 0. The minimum absolute atomic E-state index is 0.0162. The minimum Gasteiger partial charge on any atom is -0.486 e. The minimum atomic E-state index is -0.723. The van der Waals surface area contributed by atoms with Crippen molar-refractivity contribution in [2.24, 2.45) is 0 Å². The molecule has 26 heavy (non-hydrogen) atoms. The molecule has 0 atom stereocenters. The van der Waals surface area contributed by atoms with E-state index in [1.54, 1.807) is 11.0 Å². The van der Waals surface area contributed by atoms with Gasteiger partial charge in [-0.3, -0.25) is 4.79 Å². The average Bonchev–Trinajstić information content (AvgIpc) is 3.15. The maximum Gasteiger partial charge on any atom is 0.374 e. The Balaban J connectivity index is 1.46. The molecule has 1 amide bonds. The van der Waals surface area contributed by atoms with Gasteiger partial charge in [-0.1, -0.05) is 0 Å². The lowest BCUT2D eigenvalue weighted by molar-refractivity contribution is -0.138. The highest BCUT2D eigenvalue weighted by atomic mass is 19.1. The van der Waals surface area contributed by atoms with Gasteiger partial charge < -0.3 is 23.5 Å². The lowest BCUT2D eigenvalue weighted by Gasteiger charge is -2.26. The van der Waals surface area contributed by atoms with Crippen LogP contribution in [-0.4, -0.2) is 49.7 Å². The number of carbonyl (C=O) groups excluding carboxylic acids is 2. The molecule has 2 aromatic rings. The van der Waals surface area contributed by atoms with Gasteiger partial charge in [0.1, 0.15) is 23.9 Å². The molecule has 1 aromatic heterocycles. The molecular weight excluding hydrogens is 345 g/mol. The van der Waals surface area contributed by atoms with E-state index in [1.165, 1.54) is 30.3 Å². The fourth-order valence-corrected chi connectivity index (χ4v) is 2.35.